The summed E-state index contributed by atoms with van der Waals surface area (Å²) in [4.78, 5) is 15.9. The number of pyridine rings is 1. The molecule has 2 N–H and O–H groups in total. The van der Waals surface area contributed by atoms with Crippen LogP contribution in [0.1, 0.15) is 16.1 Å². The molecule has 1 aliphatic heterocycles. The van der Waals surface area contributed by atoms with E-state index in [-0.39, 0.29) is 16.9 Å². The van der Waals surface area contributed by atoms with Crippen LogP contribution in [0, 0.1) is 0 Å². The van der Waals surface area contributed by atoms with Gasteiger partial charge >= 0.3 is 6.18 Å². The van der Waals surface area contributed by atoms with Crippen LogP contribution >= 0.6 is 11.6 Å². The van der Waals surface area contributed by atoms with Gasteiger partial charge in [-0.15, -0.1) is 0 Å². The second-order valence-electron chi connectivity index (χ2n) is 4.95. The maximum Gasteiger partial charge on any atom is 0.434 e. The lowest BCUT2D eigenvalue weighted by molar-refractivity contribution is -0.143. The summed E-state index contributed by atoms with van der Waals surface area (Å²) in [6.45, 7) is 1.04. The lowest BCUT2D eigenvalue weighted by Gasteiger charge is -2.27. The van der Waals surface area contributed by atoms with Crippen LogP contribution < -0.4 is 10.6 Å². The van der Waals surface area contributed by atoms with Crippen molar-refractivity contribution in [1.29, 1.82) is 0 Å². The number of aromatic nitrogens is 3. The first-order valence-corrected chi connectivity index (χ1v) is 7.03. The second kappa shape index (κ2) is 5.82. The number of hydrogen-bond donors (Lipinski definition) is 2. The predicted octanol–water partition coefficient (Wildman–Crippen LogP) is 1.64. The largest absolute Gasteiger partial charge is 0.434 e. The van der Waals surface area contributed by atoms with Gasteiger partial charge in [-0.25, -0.2) is 9.67 Å². The van der Waals surface area contributed by atoms with E-state index in [9.17, 15) is 18.0 Å². The number of nitrogens with one attached hydrogen (secondary N) is 2. The number of nitrogens with zero attached hydrogens (tertiary/aromatic N) is 3. The Morgan fingerprint density at radius 2 is 2.17 bits per heavy atom. The van der Waals surface area contributed by atoms with Crippen LogP contribution in [0.4, 0.5) is 13.2 Å². The lowest BCUT2D eigenvalue weighted by Crippen LogP contribution is -2.57. The average molecular weight is 346 g/mol. The van der Waals surface area contributed by atoms with Crippen LogP contribution in [0.2, 0.25) is 5.02 Å². The van der Waals surface area contributed by atoms with Gasteiger partial charge in [0, 0.05) is 19.3 Å². The van der Waals surface area contributed by atoms with E-state index < -0.39 is 23.3 Å². The summed E-state index contributed by atoms with van der Waals surface area (Å²) in [5.74, 6) is -1.02. The van der Waals surface area contributed by atoms with E-state index in [1.165, 1.54) is 18.3 Å². The Morgan fingerprint density at radius 3 is 2.74 bits per heavy atom. The van der Waals surface area contributed by atoms with Gasteiger partial charge in [0.15, 0.2) is 11.5 Å². The fourth-order valence-electron chi connectivity index (χ4n) is 2.14. The van der Waals surface area contributed by atoms with Crippen molar-refractivity contribution in [1.82, 2.24) is 25.4 Å². The monoisotopic (exact) mass is 345 g/mol. The lowest BCUT2D eigenvalue weighted by atomic mass is 10.1. The minimum atomic E-state index is -4.79. The molecule has 0 bridgehead atoms. The zero-order chi connectivity index (χ0) is 16.6. The van der Waals surface area contributed by atoms with Crippen LogP contribution in [0.5, 0.6) is 0 Å². The SMILES string of the molecule is O=C(NC1CNC1)c1cnn(-c2ncccc2Cl)c1C(F)(F)F. The molecular weight excluding hydrogens is 335 g/mol. The topological polar surface area (TPSA) is 71.8 Å². The third kappa shape index (κ3) is 3.02. The van der Waals surface area contributed by atoms with Crippen LogP contribution in [-0.2, 0) is 6.18 Å². The van der Waals surface area contributed by atoms with E-state index in [0.29, 0.717) is 17.8 Å². The first-order valence-electron chi connectivity index (χ1n) is 6.65. The molecule has 1 saturated heterocycles. The molecule has 6 nitrogen and oxygen atoms in total. The minimum absolute atomic E-state index is 0.00347. The van der Waals surface area contributed by atoms with E-state index >= 15 is 0 Å². The molecule has 1 fully saturated rings. The van der Waals surface area contributed by atoms with Crippen molar-refractivity contribution in [3.05, 3.63) is 40.8 Å². The van der Waals surface area contributed by atoms with Crippen LogP contribution in [0.25, 0.3) is 5.82 Å². The third-order valence-electron chi connectivity index (χ3n) is 3.34. The van der Waals surface area contributed by atoms with Crippen molar-refractivity contribution in [3.8, 4) is 5.82 Å². The van der Waals surface area contributed by atoms with Gasteiger partial charge in [-0.2, -0.15) is 18.3 Å². The molecule has 3 rings (SSSR count). The highest BCUT2D eigenvalue weighted by Crippen LogP contribution is 2.34. The summed E-state index contributed by atoms with van der Waals surface area (Å²) in [5, 5.41) is 9.09. The van der Waals surface area contributed by atoms with E-state index in [1.54, 1.807) is 0 Å². The predicted molar refractivity (Wildman–Crippen MR) is 75.5 cm³/mol. The summed E-state index contributed by atoms with van der Waals surface area (Å²) >= 11 is 5.89. The van der Waals surface area contributed by atoms with Crippen molar-refractivity contribution in [2.75, 3.05) is 13.1 Å². The van der Waals surface area contributed by atoms with Crippen molar-refractivity contribution in [2.45, 2.75) is 12.2 Å². The fraction of sp³-hybridized carbons (Fsp3) is 0.308. The zero-order valence-electron chi connectivity index (χ0n) is 11.6. The van der Waals surface area contributed by atoms with Gasteiger partial charge in [0.25, 0.3) is 5.91 Å². The highest BCUT2D eigenvalue weighted by atomic mass is 35.5. The molecule has 3 heterocycles. The van der Waals surface area contributed by atoms with E-state index in [1.807, 2.05) is 0 Å². The van der Waals surface area contributed by atoms with Crippen molar-refractivity contribution >= 4 is 17.5 Å². The maximum absolute atomic E-state index is 13.4. The van der Waals surface area contributed by atoms with Gasteiger partial charge < -0.3 is 10.6 Å². The Bertz CT molecular complexity index is 741. The number of hydrogen-bond acceptors (Lipinski definition) is 4. The molecule has 0 saturated carbocycles. The molecule has 0 aromatic carbocycles. The Kier molecular flexibility index (Phi) is 3.99. The van der Waals surface area contributed by atoms with Crippen LogP contribution in [0.3, 0.4) is 0 Å². The van der Waals surface area contributed by atoms with Gasteiger partial charge in [0.2, 0.25) is 0 Å². The summed E-state index contributed by atoms with van der Waals surface area (Å²) < 4.78 is 40.8. The molecule has 1 aliphatic rings. The number of halogens is 4. The summed E-state index contributed by atoms with van der Waals surface area (Å²) in [5.41, 5.74) is -1.77. The highest BCUT2D eigenvalue weighted by Gasteiger charge is 2.41. The fourth-order valence-corrected chi connectivity index (χ4v) is 2.34. The normalized spacial score (nSPS) is 15.3. The third-order valence-corrected chi connectivity index (χ3v) is 3.63. The quantitative estimate of drug-likeness (QED) is 0.887. The van der Waals surface area contributed by atoms with E-state index in [0.717, 1.165) is 6.20 Å². The molecule has 1 amide bonds. The second-order valence-corrected chi connectivity index (χ2v) is 5.36. The van der Waals surface area contributed by atoms with Gasteiger partial charge in [-0.1, -0.05) is 11.6 Å². The van der Waals surface area contributed by atoms with Gasteiger partial charge in [0.05, 0.1) is 22.8 Å². The molecule has 2 aromatic rings. The molecule has 23 heavy (non-hydrogen) atoms. The summed E-state index contributed by atoms with van der Waals surface area (Å²) in [7, 11) is 0. The molecule has 0 spiro atoms. The first kappa shape index (κ1) is 15.8. The highest BCUT2D eigenvalue weighted by molar-refractivity contribution is 6.32. The Labute approximate surface area is 133 Å². The number of rotatable bonds is 3. The average Bonchev–Trinajstić information content (AvgIpc) is 2.88. The van der Waals surface area contributed by atoms with E-state index in [2.05, 4.69) is 20.7 Å². The Hall–Kier alpha value is -2.13. The molecular formula is C13H11ClF3N5O. The Balaban J connectivity index is 2.04. The maximum atomic E-state index is 13.4. The zero-order valence-corrected chi connectivity index (χ0v) is 12.3. The van der Waals surface area contributed by atoms with Crippen LogP contribution in [-0.4, -0.2) is 39.8 Å². The minimum Gasteiger partial charge on any atom is -0.347 e. The molecule has 0 aliphatic carbocycles. The number of amides is 1. The van der Waals surface area contributed by atoms with Gasteiger partial charge in [-0.3, -0.25) is 4.79 Å². The van der Waals surface area contributed by atoms with Crippen LogP contribution in [0.15, 0.2) is 24.5 Å². The molecule has 0 unspecified atom stereocenters. The standard InChI is InChI=1S/C13H11ClF3N5O/c14-9-2-1-3-19-11(9)22-10(13(15,16)17)8(6-20-22)12(23)21-7-4-18-5-7/h1-3,6-7,18H,4-5H2,(H,21,23). The number of carbonyl (C=O) groups excluding carboxylic acids is 1. The summed E-state index contributed by atoms with van der Waals surface area (Å²) in [6, 6.07) is 2.69. The number of alkyl halides is 3. The smallest absolute Gasteiger partial charge is 0.347 e. The molecule has 10 heteroatoms. The number of carbonyl (C=O) groups is 1. The molecule has 0 radical (unpaired) electrons. The first-order chi connectivity index (χ1) is 10.9. The van der Waals surface area contributed by atoms with Crippen molar-refractivity contribution in [3.63, 3.8) is 0 Å². The van der Waals surface area contributed by atoms with Gasteiger partial charge in [0.1, 0.15) is 0 Å². The van der Waals surface area contributed by atoms with Gasteiger partial charge in [-0.05, 0) is 12.1 Å². The van der Waals surface area contributed by atoms with Crippen molar-refractivity contribution < 1.29 is 18.0 Å². The molecule has 122 valence electrons. The Morgan fingerprint density at radius 1 is 1.43 bits per heavy atom. The molecule has 2 aromatic heterocycles. The van der Waals surface area contributed by atoms with E-state index in [4.69, 9.17) is 11.6 Å². The molecule has 0 atom stereocenters. The van der Waals surface area contributed by atoms with Crippen molar-refractivity contribution in [2.24, 2.45) is 0 Å². The summed E-state index contributed by atoms with van der Waals surface area (Å²) in [6.07, 6.45) is -2.63.